The molecule has 0 heterocycles. The molecule has 0 saturated heterocycles. The van der Waals surface area contributed by atoms with Gasteiger partial charge in [-0.2, -0.15) is 0 Å². The van der Waals surface area contributed by atoms with E-state index in [1.807, 2.05) is 12.1 Å². The van der Waals surface area contributed by atoms with Gasteiger partial charge >= 0.3 is 6.03 Å². The third-order valence-corrected chi connectivity index (χ3v) is 4.21. The van der Waals surface area contributed by atoms with E-state index < -0.39 is 18.0 Å². The monoisotopic (exact) mass is 388 g/mol. The van der Waals surface area contributed by atoms with Gasteiger partial charge in [-0.05, 0) is 24.3 Å². The van der Waals surface area contributed by atoms with Crippen LogP contribution in [-0.4, -0.2) is 24.8 Å². The molecule has 3 aromatic rings. The van der Waals surface area contributed by atoms with E-state index in [-0.39, 0.29) is 5.78 Å². The third-order valence-electron chi connectivity index (χ3n) is 4.21. The summed E-state index contributed by atoms with van der Waals surface area (Å²) < 4.78 is 5.84. The van der Waals surface area contributed by atoms with E-state index in [0.29, 0.717) is 22.4 Å². The van der Waals surface area contributed by atoms with Gasteiger partial charge in [0.1, 0.15) is 5.75 Å². The summed E-state index contributed by atoms with van der Waals surface area (Å²) in [6.07, 6.45) is -1.02. The number of urea groups is 1. The highest BCUT2D eigenvalue weighted by Crippen LogP contribution is 2.23. The second-order valence-electron chi connectivity index (χ2n) is 6.20. The fourth-order valence-electron chi connectivity index (χ4n) is 2.72. The topological polar surface area (TPSA) is 84.5 Å². The molecule has 29 heavy (non-hydrogen) atoms. The Morgan fingerprint density at radius 3 is 1.90 bits per heavy atom. The van der Waals surface area contributed by atoms with Crippen molar-refractivity contribution in [2.24, 2.45) is 0 Å². The molecule has 0 unspecified atom stereocenters. The minimum atomic E-state index is -1.02. The van der Waals surface area contributed by atoms with E-state index in [4.69, 9.17) is 4.74 Å². The first-order valence-electron chi connectivity index (χ1n) is 9.02. The maximum Gasteiger partial charge on any atom is 0.321 e. The Bertz CT molecular complexity index is 986. The summed E-state index contributed by atoms with van der Waals surface area (Å²) in [6.45, 7) is 0. The second kappa shape index (κ2) is 9.32. The maximum atomic E-state index is 12.5. The molecule has 6 nitrogen and oxygen atoms in total. The van der Waals surface area contributed by atoms with Crippen molar-refractivity contribution in [3.63, 3.8) is 0 Å². The molecule has 6 heteroatoms. The highest BCUT2D eigenvalue weighted by Gasteiger charge is 2.24. The summed E-state index contributed by atoms with van der Waals surface area (Å²) in [5.74, 6) is -0.301. The van der Waals surface area contributed by atoms with Crippen LogP contribution in [0.1, 0.15) is 27.6 Å². The van der Waals surface area contributed by atoms with Crippen LogP contribution in [0.25, 0.3) is 0 Å². The van der Waals surface area contributed by atoms with Crippen LogP contribution in [0, 0.1) is 0 Å². The van der Waals surface area contributed by atoms with Crippen molar-refractivity contribution in [3.05, 3.63) is 102 Å². The van der Waals surface area contributed by atoms with E-state index >= 15 is 0 Å². The Hall–Kier alpha value is -3.93. The van der Waals surface area contributed by atoms with Crippen molar-refractivity contribution < 1.29 is 19.1 Å². The molecule has 3 aromatic carbocycles. The van der Waals surface area contributed by atoms with Crippen LogP contribution in [-0.2, 0) is 4.79 Å². The van der Waals surface area contributed by atoms with Gasteiger partial charge in [0.15, 0.2) is 5.78 Å². The molecule has 2 N–H and O–H groups in total. The molecule has 0 bridgehead atoms. The summed E-state index contributed by atoms with van der Waals surface area (Å²) in [7, 11) is 1.42. The van der Waals surface area contributed by atoms with E-state index in [0.717, 1.165) is 0 Å². The maximum absolute atomic E-state index is 12.5. The number of benzene rings is 3. The first-order chi connectivity index (χ1) is 14.1. The molecule has 0 radical (unpaired) electrons. The molecular weight excluding hydrogens is 368 g/mol. The van der Waals surface area contributed by atoms with Crippen LogP contribution in [0.4, 0.5) is 4.79 Å². The Kier molecular flexibility index (Phi) is 6.37. The lowest BCUT2D eigenvalue weighted by molar-refractivity contribution is -0.127. The summed E-state index contributed by atoms with van der Waals surface area (Å²) in [5, 5.41) is 4.57. The standard InChI is InChI=1S/C23H20N2O4/c1-24-23(28)25-22(27)21(18-10-6-3-7-11-18)29-19-14-12-17(13-15-19)20(26)16-8-4-2-5-9-16/h2-15,21H,1H3,(H2,24,25,27,28)/t21-/m0/s1. The molecular formula is C23H20N2O4. The second-order valence-corrected chi connectivity index (χ2v) is 6.20. The molecule has 1 atom stereocenters. The van der Waals surface area contributed by atoms with Gasteiger partial charge in [0, 0.05) is 23.7 Å². The van der Waals surface area contributed by atoms with Gasteiger partial charge in [0.05, 0.1) is 0 Å². The number of carbonyl (C=O) groups excluding carboxylic acids is 3. The zero-order chi connectivity index (χ0) is 20.6. The molecule has 146 valence electrons. The number of carbonyl (C=O) groups is 3. The van der Waals surface area contributed by atoms with Crippen LogP contribution < -0.4 is 15.4 Å². The summed E-state index contributed by atoms with van der Waals surface area (Å²) >= 11 is 0. The highest BCUT2D eigenvalue weighted by molar-refractivity contribution is 6.09. The highest BCUT2D eigenvalue weighted by atomic mass is 16.5. The molecule has 3 amide bonds. The smallest absolute Gasteiger partial charge is 0.321 e. The molecule has 0 fully saturated rings. The number of amides is 3. The Morgan fingerprint density at radius 1 is 0.759 bits per heavy atom. The van der Waals surface area contributed by atoms with Gasteiger partial charge in [0.25, 0.3) is 5.91 Å². The summed E-state index contributed by atoms with van der Waals surface area (Å²) in [6, 6.07) is 23.7. The van der Waals surface area contributed by atoms with Gasteiger partial charge in [-0.15, -0.1) is 0 Å². The first kappa shape index (κ1) is 19.8. The SMILES string of the molecule is CNC(=O)NC(=O)[C@@H](Oc1ccc(C(=O)c2ccccc2)cc1)c1ccccc1. The lowest BCUT2D eigenvalue weighted by Gasteiger charge is -2.19. The zero-order valence-electron chi connectivity index (χ0n) is 15.8. The van der Waals surface area contributed by atoms with Crippen molar-refractivity contribution in [2.45, 2.75) is 6.10 Å². The van der Waals surface area contributed by atoms with Gasteiger partial charge in [-0.1, -0.05) is 60.7 Å². The van der Waals surface area contributed by atoms with Crippen LogP contribution in [0.15, 0.2) is 84.9 Å². The summed E-state index contributed by atoms with van der Waals surface area (Å²) in [5.41, 5.74) is 1.70. The van der Waals surface area contributed by atoms with E-state index in [2.05, 4.69) is 10.6 Å². The molecule has 0 saturated carbocycles. The zero-order valence-corrected chi connectivity index (χ0v) is 15.8. The Labute approximate surface area is 168 Å². The van der Waals surface area contributed by atoms with Crippen LogP contribution in [0.3, 0.4) is 0 Å². The number of nitrogens with one attached hydrogen (secondary N) is 2. The predicted molar refractivity (Wildman–Crippen MR) is 109 cm³/mol. The number of imide groups is 1. The minimum absolute atomic E-state index is 0.103. The lowest BCUT2D eigenvalue weighted by atomic mass is 10.0. The van der Waals surface area contributed by atoms with Crippen molar-refractivity contribution in [1.29, 1.82) is 0 Å². The van der Waals surface area contributed by atoms with Crippen molar-refractivity contribution in [3.8, 4) is 5.75 Å². The summed E-state index contributed by atoms with van der Waals surface area (Å²) in [4.78, 5) is 36.6. The number of hydrogen-bond acceptors (Lipinski definition) is 4. The molecule has 0 aromatic heterocycles. The molecule has 0 aliphatic heterocycles. The fraction of sp³-hybridized carbons (Fsp3) is 0.0870. The van der Waals surface area contributed by atoms with Gasteiger partial charge in [-0.25, -0.2) is 4.79 Å². The van der Waals surface area contributed by atoms with E-state index in [9.17, 15) is 14.4 Å². The Balaban J connectivity index is 1.79. The number of hydrogen-bond donors (Lipinski definition) is 2. The van der Waals surface area contributed by atoms with Gasteiger partial charge in [-0.3, -0.25) is 14.9 Å². The number of rotatable bonds is 6. The van der Waals surface area contributed by atoms with Crippen molar-refractivity contribution in [2.75, 3.05) is 7.05 Å². The quantitative estimate of drug-likeness (QED) is 0.633. The molecule has 3 rings (SSSR count). The van der Waals surface area contributed by atoms with Crippen LogP contribution in [0.2, 0.25) is 0 Å². The van der Waals surface area contributed by atoms with Crippen molar-refractivity contribution in [1.82, 2.24) is 10.6 Å². The number of ether oxygens (including phenoxy) is 1. The van der Waals surface area contributed by atoms with Gasteiger partial charge < -0.3 is 10.1 Å². The van der Waals surface area contributed by atoms with Gasteiger partial charge in [0.2, 0.25) is 6.10 Å². The average molecular weight is 388 g/mol. The molecule has 0 aliphatic carbocycles. The molecule has 0 spiro atoms. The van der Waals surface area contributed by atoms with E-state index in [1.165, 1.54) is 7.05 Å². The molecule has 0 aliphatic rings. The third kappa shape index (κ3) is 5.07. The minimum Gasteiger partial charge on any atom is -0.476 e. The normalized spacial score (nSPS) is 11.2. The van der Waals surface area contributed by atoms with Crippen LogP contribution in [0.5, 0.6) is 5.75 Å². The lowest BCUT2D eigenvalue weighted by Crippen LogP contribution is -2.41. The average Bonchev–Trinajstić information content (AvgIpc) is 2.78. The fourth-order valence-corrected chi connectivity index (χ4v) is 2.72. The van der Waals surface area contributed by atoms with Crippen LogP contribution >= 0.6 is 0 Å². The largest absolute Gasteiger partial charge is 0.476 e. The Morgan fingerprint density at radius 2 is 1.31 bits per heavy atom. The van der Waals surface area contributed by atoms with Crippen molar-refractivity contribution >= 4 is 17.7 Å². The van der Waals surface area contributed by atoms with E-state index in [1.54, 1.807) is 72.8 Å². The number of ketones is 1. The first-order valence-corrected chi connectivity index (χ1v) is 9.02. The predicted octanol–water partition coefficient (Wildman–Crippen LogP) is 3.49.